The molecule has 19 heavy (non-hydrogen) atoms. The van der Waals surface area contributed by atoms with Crippen LogP contribution in [0.15, 0.2) is 30.5 Å². The summed E-state index contributed by atoms with van der Waals surface area (Å²) in [5.74, 6) is -1.40. The number of morpholine rings is 1. The molecule has 1 aromatic rings. The fourth-order valence-electron chi connectivity index (χ4n) is 1.80. The van der Waals surface area contributed by atoms with E-state index in [1.165, 1.54) is 11.0 Å². The number of amides is 1. The summed E-state index contributed by atoms with van der Waals surface area (Å²) < 4.78 is 5.08. The number of hydrogen-bond acceptors (Lipinski definition) is 4. The zero-order valence-electron chi connectivity index (χ0n) is 10.2. The molecule has 0 aliphatic carbocycles. The first kappa shape index (κ1) is 13.2. The molecule has 1 aromatic heterocycles. The Hall–Kier alpha value is -2.21. The maximum absolute atomic E-state index is 12.0. The van der Waals surface area contributed by atoms with Gasteiger partial charge in [-0.15, -0.1) is 0 Å². The van der Waals surface area contributed by atoms with E-state index in [4.69, 9.17) is 9.84 Å². The summed E-state index contributed by atoms with van der Waals surface area (Å²) in [5, 5.41) is 9.03. The highest BCUT2D eigenvalue weighted by molar-refractivity contribution is 5.94. The topological polar surface area (TPSA) is 79.7 Å². The predicted octanol–water partition coefficient (Wildman–Crippen LogP) is 0.407. The smallest absolute Gasteiger partial charge is 0.328 e. The van der Waals surface area contributed by atoms with E-state index in [-0.39, 0.29) is 19.1 Å². The summed E-state index contributed by atoms with van der Waals surface area (Å²) in [4.78, 5) is 28.4. The number of carboxylic acids is 1. The highest BCUT2D eigenvalue weighted by Gasteiger charge is 2.31. The molecule has 0 saturated carbocycles. The fourth-order valence-corrected chi connectivity index (χ4v) is 1.80. The average molecular weight is 262 g/mol. The number of carboxylic acid groups (broad SMARTS) is 1. The summed E-state index contributed by atoms with van der Waals surface area (Å²) in [6.45, 7) is 0.661. The minimum Gasteiger partial charge on any atom is -0.480 e. The van der Waals surface area contributed by atoms with E-state index in [1.807, 2.05) is 6.07 Å². The van der Waals surface area contributed by atoms with Gasteiger partial charge in [-0.3, -0.25) is 9.78 Å². The van der Waals surface area contributed by atoms with Gasteiger partial charge in [0.15, 0.2) is 6.04 Å². The van der Waals surface area contributed by atoms with Gasteiger partial charge in [0.1, 0.15) is 0 Å². The average Bonchev–Trinajstić information content (AvgIpc) is 2.46. The number of aromatic nitrogens is 1. The number of hydrogen-bond donors (Lipinski definition) is 1. The van der Waals surface area contributed by atoms with Gasteiger partial charge in [0, 0.05) is 18.8 Å². The van der Waals surface area contributed by atoms with Crippen LogP contribution in [0, 0.1) is 0 Å². The van der Waals surface area contributed by atoms with E-state index in [2.05, 4.69) is 4.98 Å². The molecule has 0 bridgehead atoms. The number of pyridine rings is 1. The van der Waals surface area contributed by atoms with Crippen LogP contribution in [-0.2, 0) is 14.3 Å². The van der Waals surface area contributed by atoms with Gasteiger partial charge < -0.3 is 14.7 Å². The lowest BCUT2D eigenvalue weighted by Gasteiger charge is -2.31. The van der Waals surface area contributed by atoms with Crippen molar-refractivity contribution in [1.82, 2.24) is 9.88 Å². The van der Waals surface area contributed by atoms with Crippen LogP contribution in [0.1, 0.15) is 5.69 Å². The SMILES string of the molecule is O=C(O)C1COCCN1C(=O)C=Cc1ccccn1. The van der Waals surface area contributed by atoms with Gasteiger partial charge in [0.2, 0.25) is 5.91 Å². The van der Waals surface area contributed by atoms with Gasteiger partial charge in [0.25, 0.3) is 0 Å². The van der Waals surface area contributed by atoms with Gasteiger partial charge >= 0.3 is 5.97 Å². The monoisotopic (exact) mass is 262 g/mol. The predicted molar refractivity (Wildman–Crippen MR) is 67.2 cm³/mol. The van der Waals surface area contributed by atoms with Crippen LogP contribution in [-0.4, -0.2) is 52.7 Å². The van der Waals surface area contributed by atoms with Crippen LogP contribution >= 0.6 is 0 Å². The lowest BCUT2D eigenvalue weighted by molar-refractivity contribution is -0.156. The van der Waals surface area contributed by atoms with Gasteiger partial charge in [-0.25, -0.2) is 4.79 Å². The maximum atomic E-state index is 12.0. The second-order valence-electron chi connectivity index (χ2n) is 4.05. The fraction of sp³-hybridized carbons (Fsp3) is 0.308. The Balaban J connectivity index is 2.06. The van der Waals surface area contributed by atoms with Gasteiger partial charge in [0.05, 0.1) is 18.9 Å². The van der Waals surface area contributed by atoms with Crippen LogP contribution in [0.4, 0.5) is 0 Å². The van der Waals surface area contributed by atoms with Crippen molar-refractivity contribution in [1.29, 1.82) is 0 Å². The summed E-state index contributed by atoms with van der Waals surface area (Å²) >= 11 is 0. The summed E-state index contributed by atoms with van der Waals surface area (Å²) in [7, 11) is 0. The van der Waals surface area contributed by atoms with E-state index in [0.29, 0.717) is 12.3 Å². The van der Waals surface area contributed by atoms with Gasteiger partial charge in [-0.2, -0.15) is 0 Å². The van der Waals surface area contributed by atoms with Crippen LogP contribution in [0.25, 0.3) is 6.08 Å². The lowest BCUT2D eigenvalue weighted by atomic mass is 10.2. The van der Waals surface area contributed by atoms with Crippen LogP contribution in [0.3, 0.4) is 0 Å². The molecule has 0 aromatic carbocycles. The Morgan fingerprint density at radius 3 is 3.00 bits per heavy atom. The molecule has 1 N–H and O–H groups in total. The zero-order chi connectivity index (χ0) is 13.7. The minimum absolute atomic E-state index is 0.0263. The van der Waals surface area contributed by atoms with Crippen molar-refractivity contribution in [2.75, 3.05) is 19.8 Å². The number of aliphatic carboxylic acids is 1. The van der Waals surface area contributed by atoms with Crippen LogP contribution in [0.5, 0.6) is 0 Å². The van der Waals surface area contributed by atoms with Crippen molar-refractivity contribution in [3.8, 4) is 0 Å². The lowest BCUT2D eigenvalue weighted by Crippen LogP contribution is -2.52. The molecule has 1 amide bonds. The first-order chi connectivity index (χ1) is 9.18. The third kappa shape index (κ3) is 3.38. The largest absolute Gasteiger partial charge is 0.480 e. The molecule has 1 aliphatic heterocycles. The van der Waals surface area contributed by atoms with Crippen molar-refractivity contribution in [2.45, 2.75) is 6.04 Å². The molecule has 6 heteroatoms. The van der Waals surface area contributed by atoms with Crippen molar-refractivity contribution in [3.63, 3.8) is 0 Å². The second-order valence-corrected chi connectivity index (χ2v) is 4.05. The number of ether oxygens (including phenoxy) is 1. The van der Waals surface area contributed by atoms with Crippen molar-refractivity contribution in [2.24, 2.45) is 0 Å². The van der Waals surface area contributed by atoms with Crippen molar-refractivity contribution in [3.05, 3.63) is 36.2 Å². The first-order valence-corrected chi connectivity index (χ1v) is 5.89. The number of carbonyl (C=O) groups is 2. The standard InChI is InChI=1S/C13H14N2O4/c16-12(5-4-10-3-1-2-6-14-10)15-7-8-19-9-11(15)13(17)18/h1-6,11H,7-9H2,(H,17,18). The Labute approximate surface area is 110 Å². The maximum Gasteiger partial charge on any atom is 0.328 e. The number of rotatable bonds is 3. The third-order valence-electron chi connectivity index (χ3n) is 2.78. The molecule has 1 fully saturated rings. The van der Waals surface area contributed by atoms with Gasteiger partial charge in [-0.05, 0) is 18.2 Å². The molecule has 1 saturated heterocycles. The van der Waals surface area contributed by atoms with E-state index >= 15 is 0 Å². The molecular formula is C13H14N2O4. The van der Waals surface area contributed by atoms with Crippen molar-refractivity contribution >= 4 is 18.0 Å². The summed E-state index contributed by atoms with van der Waals surface area (Å²) in [6, 6.07) is 4.43. The quantitative estimate of drug-likeness (QED) is 0.798. The Bertz CT molecular complexity index is 487. The molecule has 100 valence electrons. The molecule has 0 radical (unpaired) electrons. The normalized spacial score (nSPS) is 19.6. The molecule has 0 spiro atoms. The Morgan fingerprint density at radius 1 is 1.47 bits per heavy atom. The Morgan fingerprint density at radius 2 is 2.32 bits per heavy atom. The van der Waals surface area contributed by atoms with E-state index < -0.39 is 12.0 Å². The van der Waals surface area contributed by atoms with E-state index in [9.17, 15) is 9.59 Å². The molecule has 1 aliphatic rings. The molecule has 1 unspecified atom stereocenters. The number of carbonyl (C=O) groups excluding carboxylic acids is 1. The highest BCUT2D eigenvalue weighted by Crippen LogP contribution is 2.09. The molecule has 1 atom stereocenters. The van der Waals surface area contributed by atoms with Gasteiger partial charge in [-0.1, -0.05) is 6.07 Å². The number of nitrogens with zero attached hydrogens (tertiary/aromatic N) is 2. The third-order valence-corrected chi connectivity index (χ3v) is 2.78. The minimum atomic E-state index is -1.06. The zero-order valence-corrected chi connectivity index (χ0v) is 10.2. The molecular weight excluding hydrogens is 248 g/mol. The van der Waals surface area contributed by atoms with E-state index in [1.54, 1.807) is 24.4 Å². The Kier molecular flexibility index (Phi) is 4.25. The first-order valence-electron chi connectivity index (χ1n) is 5.89. The van der Waals surface area contributed by atoms with Crippen LogP contribution < -0.4 is 0 Å². The highest BCUT2D eigenvalue weighted by atomic mass is 16.5. The van der Waals surface area contributed by atoms with Crippen LogP contribution in [0.2, 0.25) is 0 Å². The molecule has 2 heterocycles. The summed E-state index contributed by atoms with van der Waals surface area (Å²) in [5.41, 5.74) is 0.649. The van der Waals surface area contributed by atoms with E-state index in [0.717, 1.165) is 0 Å². The molecule has 2 rings (SSSR count). The molecule has 6 nitrogen and oxygen atoms in total. The summed E-state index contributed by atoms with van der Waals surface area (Å²) in [6.07, 6.45) is 4.53. The second kappa shape index (κ2) is 6.10. The van der Waals surface area contributed by atoms with Crippen molar-refractivity contribution < 1.29 is 19.4 Å².